The molecule has 0 radical (unpaired) electrons. The Bertz CT molecular complexity index is 383. The van der Waals surface area contributed by atoms with E-state index in [1.807, 2.05) is 12.4 Å². The third-order valence-electron chi connectivity index (χ3n) is 3.19. The number of aryl methyl sites for hydroxylation is 1. The van der Waals surface area contributed by atoms with Gasteiger partial charge in [0.15, 0.2) is 0 Å². The van der Waals surface area contributed by atoms with Crippen LogP contribution >= 0.6 is 11.3 Å². The number of thiazole rings is 1. The van der Waals surface area contributed by atoms with Crippen molar-refractivity contribution in [3.8, 4) is 0 Å². The average Bonchev–Trinajstić information content (AvgIpc) is 2.88. The molecule has 0 saturated carbocycles. The van der Waals surface area contributed by atoms with E-state index < -0.39 is 6.10 Å². The highest BCUT2D eigenvalue weighted by atomic mass is 32.1. The summed E-state index contributed by atoms with van der Waals surface area (Å²) in [5, 5.41) is 11.9. The van der Waals surface area contributed by atoms with Crippen molar-refractivity contribution in [3.63, 3.8) is 0 Å². The van der Waals surface area contributed by atoms with E-state index in [4.69, 9.17) is 9.47 Å². The summed E-state index contributed by atoms with van der Waals surface area (Å²) in [6.07, 6.45) is 0.375. The summed E-state index contributed by atoms with van der Waals surface area (Å²) >= 11 is 1.65. The molecule has 1 atom stereocenters. The molecule has 1 fully saturated rings. The van der Waals surface area contributed by atoms with Crippen LogP contribution in [0.25, 0.3) is 0 Å². The number of morpholine rings is 1. The van der Waals surface area contributed by atoms with Gasteiger partial charge in [-0.05, 0) is 6.92 Å². The number of hydrazine groups is 1. The molecule has 1 unspecified atom stereocenters. The van der Waals surface area contributed by atoms with Crippen LogP contribution in [0.4, 0.5) is 0 Å². The minimum atomic E-state index is -0.486. The van der Waals surface area contributed by atoms with E-state index in [0.29, 0.717) is 19.8 Å². The van der Waals surface area contributed by atoms with Crippen LogP contribution in [0.3, 0.4) is 0 Å². The number of aliphatic hydroxyl groups is 1. The molecule has 1 aliphatic rings. The second kappa shape index (κ2) is 8.66. The molecular formula is C13H23N3O3S. The first-order valence-corrected chi connectivity index (χ1v) is 7.84. The fourth-order valence-corrected chi connectivity index (χ4v) is 2.73. The van der Waals surface area contributed by atoms with Crippen molar-refractivity contribution in [2.24, 2.45) is 0 Å². The second-order valence-electron chi connectivity index (χ2n) is 4.80. The Labute approximate surface area is 123 Å². The predicted octanol–water partition coefficient (Wildman–Crippen LogP) is 0.208. The smallest absolute Gasteiger partial charge is 0.0911 e. The molecule has 7 heteroatoms. The lowest BCUT2D eigenvalue weighted by atomic mass is 10.3. The van der Waals surface area contributed by atoms with Crippen LogP contribution in [0.2, 0.25) is 0 Å². The van der Waals surface area contributed by atoms with Gasteiger partial charge < -0.3 is 14.6 Å². The normalized spacial score (nSPS) is 18.3. The highest BCUT2D eigenvalue weighted by Gasteiger charge is 2.12. The molecular weight excluding hydrogens is 278 g/mol. The standard InChI is InChI=1S/C13H23N3O3S/c1-11-13(20-10-14-11)2-5-19-9-12(17)8-15-16-3-6-18-7-4-16/h10,12,15,17H,2-9H2,1H3. The largest absolute Gasteiger partial charge is 0.389 e. The maximum atomic E-state index is 9.84. The van der Waals surface area contributed by atoms with E-state index >= 15 is 0 Å². The summed E-state index contributed by atoms with van der Waals surface area (Å²) in [6, 6.07) is 0. The molecule has 1 aromatic rings. The number of rotatable bonds is 8. The number of nitrogens with zero attached hydrogens (tertiary/aromatic N) is 2. The number of nitrogens with one attached hydrogen (secondary N) is 1. The molecule has 0 bridgehead atoms. The predicted molar refractivity (Wildman–Crippen MR) is 77.8 cm³/mol. The topological polar surface area (TPSA) is 66.9 Å². The number of aromatic nitrogens is 1. The van der Waals surface area contributed by atoms with Gasteiger partial charge in [0.2, 0.25) is 0 Å². The summed E-state index contributed by atoms with van der Waals surface area (Å²) in [7, 11) is 0. The van der Waals surface area contributed by atoms with Crippen molar-refractivity contribution in [1.29, 1.82) is 0 Å². The van der Waals surface area contributed by atoms with Gasteiger partial charge in [-0.2, -0.15) is 0 Å². The van der Waals surface area contributed by atoms with Crippen molar-refractivity contribution in [3.05, 3.63) is 16.1 Å². The molecule has 0 aromatic carbocycles. The van der Waals surface area contributed by atoms with Crippen LogP contribution in [0.15, 0.2) is 5.51 Å². The van der Waals surface area contributed by atoms with Crippen molar-refractivity contribution >= 4 is 11.3 Å². The number of ether oxygens (including phenoxy) is 2. The number of hydrogen-bond acceptors (Lipinski definition) is 7. The molecule has 2 N–H and O–H groups in total. The van der Waals surface area contributed by atoms with E-state index in [1.54, 1.807) is 11.3 Å². The lowest BCUT2D eigenvalue weighted by Gasteiger charge is -2.28. The SMILES string of the molecule is Cc1ncsc1CCOCC(O)CNN1CCOCC1. The first-order chi connectivity index (χ1) is 9.75. The van der Waals surface area contributed by atoms with Gasteiger partial charge in [-0.15, -0.1) is 11.3 Å². The highest BCUT2D eigenvalue weighted by Crippen LogP contribution is 2.12. The Hall–Kier alpha value is -0.570. The van der Waals surface area contributed by atoms with E-state index in [2.05, 4.69) is 15.4 Å². The van der Waals surface area contributed by atoms with Gasteiger partial charge in [0, 0.05) is 30.9 Å². The van der Waals surface area contributed by atoms with Gasteiger partial charge in [0.05, 0.1) is 43.7 Å². The first kappa shape index (κ1) is 15.8. The minimum absolute atomic E-state index is 0.356. The third-order valence-corrected chi connectivity index (χ3v) is 4.19. The van der Waals surface area contributed by atoms with E-state index in [1.165, 1.54) is 4.88 Å². The fraction of sp³-hybridized carbons (Fsp3) is 0.769. The molecule has 6 nitrogen and oxygen atoms in total. The summed E-state index contributed by atoms with van der Waals surface area (Å²) in [5.41, 5.74) is 6.13. The molecule has 1 aliphatic heterocycles. The molecule has 20 heavy (non-hydrogen) atoms. The Morgan fingerprint density at radius 2 is 2.35 bits per heavy atom. The molecule has 0 aliphatic carbocycles. The van der Waals surface area contributed by atoms with Gasteiger partial charge >= 0.3 is 0 Å². The van der Waals surface area contributed by atoms with Gasteiger partial charge in [0.25, 0.3) is 0 Å². The zero-order valence-electron chi connectivity index (χ0n) is 11.9. The fourth-order valence-electron chi connectivity index (χ4n) is 1.97. The lowest BCUT2D eigenvalue weighted by Crippen LogP contribution is -2.48. The van der Waals surface area contributed by atoms with Crippen molar-refractivity contribution in [1.82, 2.24) is 15.4 Å². The van der Waals surface area contributed by atoms with Crippen LogP contribution in [0.1, 0.15) is 10.6 Å². The van der Waals surface area contributed by atoms with Crippen LogP contribution in [0.5, 0.6) is 0 Å². The Morgan fingerprint density at radius 3 is 3.05 bits per heavy atom. The van der Waals surface area contributed by atoms with E-state index in [9.17, 15) is 5.11 Å². The Balaban J connectivity index is 1.51. The zero-order valence-corrected chi connectivity index (χ0v) is 12.7. The molecule has 1 saturated heterocycles. The number of aliphatic hydroxyl groups excluding tert-OH is 1. The van der Waals surface area contributed by atoms with Gasteiger partial charge in [-0.25, -0.2) is 9.99 Å². The molecule has 1 aromatic heterocycles. The molecule has 0 spiro atoms. The second-order valence-corrected chi connectivity index (χ2v) is 5.74. The van der Waals surface area contributed by atoms with E-state index in [-0.39, 0.29) is 0 Å². The van der Waals surface area contributed by atoms with Crippen LogP contribution in [-0.4, -0.2) is 67.3 Å². The lowest BCUT2D eigenvalue weighted by molar-refractivity contribution is -0.0103. The molecule has 2 rings (SSSR count). The monoisotopic (exact) mass is 301 g/mol. The highest BCUT2D eigenvalue weighted by molar-refractivity contribution is 7.09. The third kappa shape index (κ3) is 5.43. The summed E-state index contributed by atoms with van der Waals surface area (Å²) in [4.78, 5) is 5.46. The number of hydrogen-bond donors (Lipinski definition) is 2. The molecule has 2 heterocycles. The Morgan fingerprint density at radius 1 is 1.55 bits per heavy atom. The summed E-state index contributed by atoms with van der Waals surface area (Å²) in [5.74, 6) is 0. The maximum absolute atomic E-state index is 9.84. The van der Waals surface area contributed by atoms with Crippen molar-refractivity contribution in [2.45, 2.75) is 19.4 Å². The van der Waals surface area contributed by atoms with Gasteiger partial charge in [0.1, 0.15) is 0 Å². The quantitative estimate of drug-likeness (QED) is 0.669. The maximum Gasteiger partial charge on any atom is 0.0911 e. The van der Waals surface area contributed by atoms with Crippen LogP contribution < -0.4 is 5.43 Å². The summed E-state index contributed by atoms with van der Waals surface area (Å²) in [6.45, 7) is 6.71. The summed E-state index contributed by atoms with van der Waals surface area (Å²) < 4.78 is 10.8. The van der Waals surface area contributed by atoms with Crippen LogP contribution in [0, 0.1) is 6.92 Å². The van der Waals surface area contributed by atoms with Crippen LogP contribution in [-0.2, 0) is 15.9 Å². The minimum Gasteiger partial charge on any atom is -0.389 e. The first-order valence-electron chi connectivity index (χ1n) is 6.96. The molecule has 0 amide bonds. The zero-order chi connectivity index (χ0) is 14.2. The van der Waals surface area contributed by atoms with Crippen molar-refractivity contribution < 1.29 is 14.6 Å². The Kier molecular flexibility index (Phi) is 6.85. The molecule has 114 valence electrons. The van der Waals surface area contributed by atoms with E-state index in [0.717, 1.165) is 38.4 Å². The van der Waals surface area contributed by atoms with Gasteiger partial charge in [-0.3, -0.25) is 5.43 Å². The van der Waals surface area contributed by atoms with Gasteiger partial charge in [-0.1, -0.05) is 0 Å². The average molecular weight is 301 g/mol. The van der Waals surface area contributed by atoms with Crippen molar-refractivity contribution in [2.75, 3.05) is 46.1 Å².